The minimum atomic E-state index is -0.623. The molecule has 0 aromatic heterocycles. The molecule has 4 aliphatic carbocycles. The molecule has 6 fully saturated rings. The zero-order chi connectivity index (χ0) is 37.6. The Hall–Kier alpha value is -2.22. The van der Waals surface area contributed by atoms with Gasteiger partial charge in [0, 0.05) is 74.1 Å². The van der Waals surface area contributed by atoms with Crippen LogP contribution in [0.25, 0.3) is 0 Å². The summed E-state index contributed by atoms with van der Waals surface area (Å²) < 4.78 is 28.1. The Labute approximate surface area is 360 Å². The smallest absolute Gasteiger partial charge is 0.870 e. The van der Waals surface area contributed by atoms with Gasteiger partial charge in [-0.2, -0.15) is 0 Å². The van der Waals surface area contributed by atoms with Crippen molar-refractivity contribution in [3.8, 4) is 11.5 Å². The number of rotatable bonds is 10. The first kappa shape index (κ1) is 42.9. The quantitative estimate of drug-likeness (QED) is 0.281. The van der Waals surface area contributed by atoms with E-state index in [1.165, 1.54) is 48.6 Å². The van der Waals surface area contributed by atoms with E-state index in [0.717, 1.165) is 135 Å². The number of methoxy groups -OCH3 is 1. The normalized spacial score (nSPS) is 30.3. The molecule has 2 aromatic carbocycles. The molecule has 2 atom stereocenters. The van der Waals surface area contributed by atoms with Gasteiger partial charge >= 0.3 is 41.5 Å². The van der Waals surface area contributed by atoms with E-state index in [1.54, 1.807) is 0 Å². The van der Waals surface area contributed by atoms with Crippen LogP contribution in [0.15, 0.2) is 36.4 Å². The second-order valence-corrected chi connectivity index (χ2v) is 18.7. The second kappa shape index (κ2) is 18.2. The van der Waals surface area contributed by atoms with Crippen molar-refractivity contribution in [2.24, 2.45) is 34.5 Å². The van der Waals surface area contributed by atoms with Gasteiger partial charge < -0.3 is 34.3 Å². The van der Waals surface area contributed by atoms with Crippen molar-refractivity contribution < 1.29 is 73.4 Å². The van der Waals surface area contributed by atoms with E-state index < -0.39 is 5.97 Å². The molecule has 12 heteroatoms. The summed E-state index contributed by atoms with van der Waals surface area (Å²) in [6.07, 6.45) is 13.0. The monoisotopic (exact) mass is 796 g/mol. The van der Waals surface area contributed by atoms with Gasteiger partial charge in [0.1, 0.15) is 11.5 Å². The number of carbonyl (C=O) groups excluding carboxylic acids is 1. The molecule has 4 aliphatic heterocycles. The summed E-state index contributed by atoms with van der Waals surface area (Å²) in [5, 5.41) is 9.06. The maximum atomic E-state index is 11.6. The molecule has 2 spiro atoms. The fourth-order valence-electron chi connectivity index (χ4n) is 11.0. The first-order valence-corrected chi connectivity index (χ1v) is 21.2. The Morgan fingerprint density at radius 1 is 0.702 bits per heavy atom. The van der Waals surface area contributed by atoms with E-state index in [9.17, 15) is 9.59 Å². The summed E-state index contributed by atoms with van der Waals surface area (Å²) in [4.78, 5) is 27.7. The van der Waals surface area contributed by atoms with Gasteiger partial charge in [-0.3, -0.25) is 19.4 Å². The average Bonchev–Trinajstić information content (AvgIpc) is 3.71. The number of carboxylic acids is 1. The molecule has 2 aromatic rings. The van der Waals surface area contributed by atoms with Gasteiger partial charge in [-0.05, 0) is 124 Å². The Kier molecular flexibility index (Phi) is 13.7. The number of aliphatic carboxylic acids is 1. The Morgan fingerprint density at radius 2 is 1.14 bits per heavy atom. The third-order valence-corrected chi connectivity index (χ3v) is 14.4. The molecule has 0 bridgehead atoms. The average molecular weight is 797 g/mol. The number of carbonyl (C=O) groups is 2. The Morgan fingerprint density at radius 3 is 1.54 bits per heavy atom. The fourth-order valence-corrected chi connectivity index (χ4v) is 11.0. The summed E-state index contributed by atoms with van der Waals surface area (Å²) in [5.41, 5.74) is 6.68. The van der Waals surface area contributed by atoms with Crippen molar-refractivity contribution in [1.29, 1.82) is 0 Å². The largest absolute Gasteiger partial charge is 1.00 e. The van der Waals surface area contributed by atoms with Crippen molar-refractivity contribution >= 4 is 11.9 Å². The summed E-state index contributed by atoms with van der Waals surface area (Å²) in [7, 11) is 1.49. The number of hydrogen-bond acceptors (Lipinski definition) is 10. The van der Waals surface area contributed by atoms with Gasteiger partial charge in [0.25, 0.3) is 0 Å². The van der Waals surface area contributed by atoms with E-state index in [1.807, 2.05) is 0 Å². The van der Waals surface area contributed by atoms with Crippen LogP contribution < -0.4 is 39.0 Å². The third-order valence-electron chi connectivity index (χ3n) is 14.4. The zero-order valence-corrected chi connectivity index (χ0v) is 36.1. The van der Waals surface area contributed by atoms with Crippen molar-refractivity contribution in [2.75, 3.05) is 72.9 Å². The maximum absolute atomic E-state index is 11.6. The Balaban J connectivity index is 0.000000168. The molecular formula is C45H61N2NaO9. The molecule has 2 N–H and O–H groups in total. The molecule has 0 radical (unpaired) electrons. The minimum Gasteiger partial charge on any atom is -0.870 e. The molecule has 10 rings (SSSR count). The van der Waals surface area contributed by atoms with Gasteiger partial charge in [-0.25, -0.2) is 0 Å². The number of fused-ring (bicyclic) bond motifs is 2. The molecule has 306 valence electrons. The van der Waals surface area contributed by atoms with Crippen LogP contribution in [0.5, 0.6) is 11.5 Å². The number of esters is 1. The van der Waals surface area contributed by atoms with Crippen molar-refractivity contribution in [3.05, 3.63) is 58.7 Å². The first-order valence-electron chi connectivity index (χ1n) is 21.2. The SMILES string of the molecule is COC(=O)C1CC(N2CC3(Cc4ccc(OCC5CCCOC5)cc4C3)C2)C1.O=C(O)C1CC(N2CC3(Cc4ccc(OCC5CCCOC5)cc4C3)C2)C1.[Na+].[OH-]. The number of nitrogens with zero attached hydrogens (tertiary/aromatic N) is 2. The van der Waals surface area contributed by atoms with Crippen LogP contribution in [0.4, 0.5) is 0 Å². The van der Waals surface area contributed by atoms with Crippen LogP contribution in [-0.4, -0.2) is 117 Å². The minimum absolute atomic E-state index is 0. The standard InChI is InChI=1S/C23H31NO4.C22H29NO4.Na.H2O/c1-26-22(25)18-7-20(8-18)24-14-23(15-24)10-17-4-5-21(9-19(17)11-23)28-13-16-3-2-6-27-12-16;24-21(25)17-6-19(7-17)23-13-22(14-23)9-16-3-4-20(8-18(16)10-22)27-12-15-2-1-5-26-11-15;;/h4-5,9,16,18,20H,2-3,6-8,10-15H2,1H3;3-4,8,15,17,19H,1-2,5-7,9-14H2,(H,24,25);;1H2/q;;+1;/p-1. The number of carboxylic acid groups (broad SMARTS) is 1. The predicted octanol–water partition coefficient (Wildman–Crippen LogP) is 2.43. The third kappa shape index (κ3) is 9.41. The van der Waals surface area contributed by atoms with Crippen LogP contribution in [0, 0.1) is 34.5 Å². The fraction of sp³-hybridized carbons (Fsp3) is 0.689. The number of hydrogen-bond donors (Lipinski definition) is 1. The van der Waals surface area contributed by atoms with Crippen LogP contribution in [0.1, 0.15) is 73.6 Å². The van der Waals surface area contributed by atoms with Gasteiger partial charge in [0.15, 0.2) is 0 Å². The van der Waals surface area contributed by atoms with E-state index >= 15 is 0 Å². The van der Waals surface area contributed by atoms with Gasteiger partial charge in [0.05, 0.1) is 45.4 Å². The number of benzene rings is 2. The van der Waals surface area contributed by atoms with E-state index in [0.29, 0.717) is 34.7 Å². The van der Waals surface area contributed by atoms with Gasteiger partial charge in [-0.15, -0.1) is 0 Å². The molecule has 57 heavy (non-hydrogen) atoms. The molecule has 4 heterocycles. The molecule has 11 nitrogen and oxygen atoms in total. The van der Waals surface area contributed by atoms with Crippen molar-refractivity contribution in [1.82, 2.24) is 9.80 Å². The molecule has 0 amide bonds. The zero-order valence-electron chi connectivity index (χ0n) is 34.1. The van der Waals surface area contributed by atoms with Crippen LogP contribution in [-0.2, 0) is 49.5 Å². The molecular weight excluding hydrogens is 735 g/mol. The van der Waals surface area contributed by atoms with Crippen LogP contribution in [0.2, 0.25) is 0 Å². The summed E-state index contributed by atoms with van der Waals surface area (Å²) >= 11 is 0. The first-order chi connectivity index (χ1) is 26.7. The molecule has 2 saturated carbocycles. The van der Waals surface area contributed by atoms with E-state index in [-0.39, 0.29) is 52.8 Å². The number of ether oxygens (including phenoxy) is 5. The van der Waals surface area contributed by atoms with Gasteiger partial charge in [0.2, 0.25) is 0 Å². The van der Waals surface area contributed by atoms with Crippen LogP contribution in [0.3, 0.4) is 0 Å². The summed E-state index contributed by atoms with van der Waals surface area (Å²) in [6, 6.07) is 14.4. The second-order valence-electron chi connectivity index (χ2n) is 18.7. The van der Waals surface area contributed by atoms with Crippen molar-refractivity contribution in [2.45, 2.75) is 89.1 Å². The predicted molar refractivity (Wildman–Crippen MR) is 208 cm³/mol. The van der Waals surface area contributed by atoms with Gasteiger partial charge in [-0.1, -0.05) is 12.1 Å². The van der Waals surface area contributed by atoms with E-state index in [2.05, 4.69) is 46.2 Å². The van der Waals surface area contributed by atoms with Crippen molar-refractivity contribution in [3.63, 3.8) is 0 Å². The van der Waals surface area contributed by atoms with E-state index in [4.69, 9.17) is 28.8 Å². The molecule has 4 saturated heterocycles. The topological polar surface area (TPSA) is 137 Å². The summed E-state index contributed by atoms with van der Waals surface area (Å²) in [5.74, 6) is 2.42. The Bertz CT molecular complexity index is 1700. The van der Waals surface area contributed by atoms with Crippen LogP contribution >= 0.6 is 0 Å². The number of likely N-dealkylation sites (tertiary alicyclic amines) is 2. The molecule has 2 unspecified atom stereocenters. The molecule has 8 aliphatic rings. The maximum Gasteiger partial charge on any atom is 1.00 e. The summed E-state index contributed by atoms with van der Waals surface area (Å²) in [6.45, 7) is 9.54.